The van der Waals surface area contributed by atoms with Gasteiger partial charge in [0.05, 0.1) is 0 Å². The molecule has 0 atom stereocenters. The summed E-state index contributed by atoms with van der Waals surface area (Å²) in [5.74, 6) is -6.58. The molecule has 0 aromatic rings. The maximum Gasteiger partial charge on any atom is 0.455 e. The molecule has 0 saturated heterocycles. The minimum absolute atomic E-state index is 0.766. The predicted molar refractivity (Wildman–Crippen MR) is 49.2 cm³/mol. The van der Waals surface area contributed by atoms with Gasteiger partial charge < -0.3 is 10.2 Å². The molecule has 0 unspecified atom stereocenters. The fourth-order valence-electron chi connectivity index (χ4n) is 1.25. The molecular weight excluding hydrogens is 282 g/mol. The SMILES string of the molecule is CN1C=CNC1=C(C(=O)C(F)(F)F)C(=O)C(F)(F)F. The van der Waals surface area contributed by atoms with Crippen molar-refractivity contribution in [2.75, 3.05) is 7.05 Å². The Morgan fingerprint density at radius 1 is 1.05 bits per heavy atom. The lowest BCUT2D eigenvalue weighted by molar-refractivity contribution is -0.175. The minimum atomic E-state index is -5.59. The first-order valence-electron chi connectivity index (χ1n) is 4.59. The first-order chi connectivity index (χ1) is 8.46. The summed E-state index contributed by atoms with van der Waals surface area (Å²) in [6.07, 6.45) is -9.13. The Kier molecular flexibility index (Phi) is 3.64. The lowest BCUT2D eigenvalue weighted by Crippen LogP contribution is -2.38. The third-order valence-electron chi connectivity index (χ3n) is 2.08. The first kappa shape index (κ1) is 15.1. The van der Waals surface area contributed by atoms with Crippen molar-refractivity contribution in [3.8, 4) is 0 Å². The van der Waals surface area contributed by atoms with Crippen LogP contribution in [0.5, 0.6) is 0 Å². The van der Waals surface area contributed by atoms with Gasteiger partial charge in [-0.2, -0.15) is 26.3 Å². The number of nitrogens with zero attached hydrogens (tertiary/aromatic N) is 1. The number of Topliss-reactive ketones (excluding diaryl/α,β-unsaturated/α-hetero) is 2. The third-order valence-corrected chi connectivity index (χ3v) is 2.08. The van der Waals surface area contributed by atoms with Gasteiger partial charge in [0.15, 0.2) is 0 Å². The van der Waals surface area contributed by atoms with Crippen LogP contribution in [0.4, 0.5) is 26.3 Å². The van der Waals surface area contributed by atoms with Crippen LogP contribution in [0.2, 0.25) is 0 Å². The van der Waals surface area contributed by atoms with E-state index < -0.39 is 35.3 Å². The molecule has 1 N–H and O–H groups in total. The molecule has 19 heavy (non-hydrogen) atoms. The number of alkyl halides is 6. The second-order valence-corrected chi connectivity index (χ2v) is 3.45. The standard InChI is InChI=1S/C9H6F6N2O2/c1-17-3-2-16-7(17)4(5(18)8(10,11)12)6(19)9(13,14)15/h2-3,16H,1H3. The molecule has 0 radical (unpaired) electrons. The number of allylic oxidation sites excluding steroid dienone is 1. The summed E-state index contributed by atoms with van der Waals surface area (Å²) in [5, 5.41) is 2.00. The van der Waals surface area contributed by atoms with Crippen molar-refractivity contribution in [3.05, 3.63) is 23.8 Å². The van der Waals surface area contributed by atoms with Crippen molar-refractivity contribution in [1.82, 2.24) is 10.2 Å². The van der Waals surface area contributed by atoms with Crippen molar-refractivity contribution in [1.29, 1.82) is 0 Å². The van der Waals surface area contributed by atoms with Crippen LogP contribution in [0.1, 0.15) is 0 Å². The number of carbonyl (C=O) groups excluding carboxylic acids is 2. The Morgan fingerprint density at radius 3 is 1.74 bits per heavy atom. The van der Waals surface area contributed by atoms with Gasteiger partial charge in [0.25, 0.3) is 11.6 Å². The lowest BCUT2D eigenvalue weighted by atomic mass is 10.1. The van der Waals surface area contributed by atoms with Crippen LogP contribution in [-0.4, -0.2) is 35.9 Å². The molecule has 0 aromatic heterocycles. The van der Waals surface area contributed by atoms with Crippen LogP contribution in [0.3, 0.4) is 0 Å². The van der Waals surface area contributed by atoms with Crippen LogP contribution in [0, 0.1) is 0 Å². The van der Waals surface area contributed by atoms with Gasteiger partial charge in [0.2, 0.25) is 0 Å². The van der Waals surface area contributed by atoms with Crippen molar-refractivity contribution in [3.63, 3.8) is 0 Å². The van der Waals surface area contributed by atoms with Crippen molar-refractivity contribution in [2.45, 2.75) is 12.4 Å². The molecule has 0 aliphatic carbocycles. The molecule has 0 fully saturated rings. The predicted octanol–water partition coefficient (Wildman–Crippen LogP) is 1.47. The molecule has 1 rings (SSSR count). The van der Waals surface area contributed by atoms with E-state index in [2.05, 4.69) is 0 Å². The zero-order valence-electron chi connectivity index (χ0n) is 9.19. The van der Waals surface area contributed by atoms with E-state index in [0.29, 0.717) is 0 Å². The summed E-state index contributed by atoms with van der Waals surface area (Å²) in [6, 6.07) is 0. The second kappa shape index (κ2) is 4.59. The molecule has 0 amide bonds. The van der Waals surface area contributed by atoms with E-state index in [4.69, 9.17) is 0 Å². The number of ketones is 2. The zero-order chi connectivity index (χ0) is 15.0. The summed E-state index contributed by atoms with van der Waals surface area (Å²) in [7, 11) is 1.08. The maximum absolute atomic E-state index is 12.3. The fraction of sp³-hybridized carbons (Fsp3) is 0.333. The number of carbonyl (C=O) groups is 2. The number of hydrogen-bond donors (Lipinski definition) is 1. The van der Waals surface area contributed by atoms with Gasteiger partial charge >= 0.3 is 12.4 Å². The van der Waals surface area contributed by atoms with E-state index >= 15 is 0 Å². The highest BCUT2D eigenvalue weighted by molar-refractivity contribution is 6.24. The highest BCUT2D eigenvalue weighted by Gasteiger charge is 2.52. The summed E-state index contributed by atoms with van der Waals surface area (Å²) in [6.45, 7) is 0. The first-order valence-corrected chi connectivity index (χ1v) is 4.59. The monoisotopic (exact) mass is 288 g/mol. The smallest absolute Gasteiger partial charge is 0.346 e. The molecule has 4 nitrogen and oxygen atoms in total. The number of halogens is 6. The van der Waals surface area contributed by atoms with Crippen LogP contribution < -0.4 is 5.32 Å². The van der Waals surface area contributed by atoms with E-state index in [-0.39, 0.29) is 0 Å². The van der Waals surface area contributed by atoms with E-state index in [1.165, 1.54) is 0 Å². The molecule has 0 saturated carbocycles. The molecule has 0 bridgehead atoms. The van der Waals surface area contributed by atoms with Crippen LogP contribution in [-0.2, 0) is 9.59 Å². The van der Waals surface area contributed by atoms with Crippen LogP contribution >= 0.6 is 0 Å². The number of nitrogens with one attached hydrogen (secondary N) is 1. The molecule has 106 valence electrons. The number of rotatable bonds is 2. The summed E-state index contributed by atoms with van der Waals surface area (Å²) < 4.78 is 73.5. The third kappa shape index (κ3) is 3.06. The van der Waals surface area contributed by atoms with Gasteiger partial charge in [-0.1, -0.05) is 0 Å². The average Bonchev–Trinajstić information content (AvgIpc) is 2.62. The molecule has 1 aliphatic rings. The Morgan fingerprint density at radius 2 is 1.47 bits per heavy atom. The zero-order valence-corrected chi connectivity index (χ0v) is 9.19. The van der Waals surface area contributed by atoms with Gasteiger partial charge in [-0.25, -0.2) is 0 Å². The summed E-state index contributed by atoms with van der Waals surface area (Å²) >= 11 is 0. The van der Waals surface area contributed by atoms with Crippen molar-refractivity contribution < 1.29 is 35.9 Å². The van der Waals surface area contributed by atoms with E-state index in [1.807, 2.05) is 5.32 Å². The lowest BCUT2D eigenvalue weighted by Gasteiger charge is -2.18. The summed E-state index contributed by atoms with van der Waals surface area (Å²) in [5.41, 5.74) is -1.99. The topological polar surface area (TPSA) is 49.4 Å². The molecule has 1 aliphatic heterocycles. The molecule has 0 aromatic carbocycles. The Bertz CT molecular complexity index is 446. The van der Waals surface area contributed by atoms with Crippen molar-refractivity contribution in [2.24, 2.45) is 0 Å². The van der Waals surface area contributed by atoms with E-state index in [0.717, 1.165) is 24.3 Å². The molecule has 1 heterocycles. The average molecular weight is 288 g/mol. The van der Waals surface area contributed by atoms with Gasteiger partial charge in [-0.3, -0.25) is 9.59 Å². The van der Waals surface area contributed by atoms with Gasteiger partial charge in [-0.15, -0.1) is 0 Å². The highest BCUT2D eigenvalue weighted by atomic mass is 19.4. The van der Waals surface area contributed by atoms with E-state index in [1.54, 1.807) is 0 Å². The summed E-state index contributed by atoms with van der Waals surface area (Å²) in [4.78, 5) is 22.7. The van der Waals surface area contributed by atoms with Crippen LogP contribution in [0.25, 0.3) is 0 Å². The van der Waals surface area contributed by atoms with Crippen LogP contribution in [0.15, 0.2) is 23.8 Å². The Hall–Kier alpha value is -2.00. The van der Waals surface area contributed by atoms with Gasteiger partial charge in [0, 0.05) is 19.4 Å². The molecule has 10 heteroatoms. The second-order valence-electron chi connectivity index (χ2n) is 3.45. The largest absolute Gasteiger partial charge is 0.455 e. The minimum Gasteiger partial charge on any atom is -0.346 e. The maximum atomic E-state index is 12.3. The van der Waals surface area contributed by atoms with Gasteiger partial charge in [-0.05, 0) is 0 Å². The number of hydrogen-bond acceptors (Lipinski definition) is 4. The molecule has 0 spiro atoms. The molecular formula is C9H6F6N2O2. The van der Waals surface area contributed by atoms with E-state index in [9.17, 15) is 35.9 Å². The van der Waals surface area contributed by atoms with Crippen molar-refractivity contribution >= 4 is 11.6 Å². The quantitative estimate of drug-likeness (QED) is 0.362. The normalized spacial score (nSPS) is 15.5. The Balaban J connectivity index is 3.37. The van der Waals surface area contributed by atoms with Gasteiger partial charge in [0.1, 0.15) is 11.4 Å². The highest BCUT2D eigenvalue weighted by Crippen LogP contribution is 2.30. The fourth-order valence-corrected chi connectivity index (χ4v) is 1.25. The Labute approximate surface area is 102 Å².